The molecule has 0 radical (unpaired) electrons. The van der Waals surface area contributed by atoms with Crippen LogP contribution in [-0.2, 0) is 4.74 Å². The molecule has 3 nitrogen and oxygen atoms in total. The van der Waals surface area contributed by atoms with Gasteiger partial charge in [0.25, 0.3) is 6.43 Å². The highest BCUT2D eigenvalue weighted by Gasteiger charge is 2.19. The molecule has 0 aromatic carbocycles. The van der Waals surface area contributed by atoms with Gasteiger partial charge in [0, 0.05) is 5.69 Å². The van der Waals surface area contributed by atoms with Gasteiger partial charge in [-0.2, -0.15) is 0 Å². The molecule has 16 heavy (non-hydrogen) atoms. The van der Waals surface area contributed by atoms with Gasteiger partial charge in [-0.3, -0.25) is 0 Å². The second-order valence-electron chi connectivity index (χ2n) is 3.01. The zero-order valence-corrected chi connectivity index (χ0v) is 9.52. The van der Waals surface area contributed by atoms with E-state index in [4.69, 9.17) is 16.3 Å². The summed E-state index contributed by atoms with van der Waals surface area (Å²) in [5.74, 6) is -0.673. The summed E-state index contributed by atoms with van der Waals surface area (Å²) in [4.78, 5) is 15.0. The van der Waals surface area contributed by atoms with Crippen molar-refractivity contribution in [2.45, 2.75) is 20.3 Å². The van der Waals surface area contributed by atoms with Crippen LogP contribution in [-0.4, -0.2) is 17.6 Å². The van der Waals surface area contributed by atoms with E-state index in [1.807, 2.05) is 0 Å². The van der Waals surface area contributed by atoms with Gasteiger partial charge in [0.1, 0.15) is 5.69 Å². The van der Waals surface area contributed by atoms with Crippen LogP contribution < -0.4 is 0 Å². The van der Waals surface area contributed by atoms with E-state index in [1.54, 1.807) is 6.92 Å². The molecule has 1 rings (SSSR count). The van der Waals surface area contributed by atoms with Crippen molar-refractivity contribution in [3.8, 4) is 0 Å². The summed E-state index contributed by atoms with van der Waals surface area (Å²) < 4.78 is 29.7. The van der Waals surface area contributed by atoms with E-state index in [0.717, 1.165) is 6.07 Å². The van der Waals surface area contributed by atoms with Crippen molar-refractivity contribution >= 4 is 17.6 Å². The number of ether oxygens (including phenoxy) is 1. The Kier molecular flexibility index (Phi) is 4.18. The van der Waals surface area contributed by atoms with Crippen molar-refractivity contribution in [3.05, 3.63) is 28.0 Å². The number of esters is 1. The van der Waals surface area contributed by atoms with Crippen molar-refractivity contribution in [2.75, 3.05) is 6.61 Å². The Morgan fingerprint density at radius 3 is 2.69 bits per heavy atom. The zero-order valence-electron chi connectivity index (χ0n) is 8.76. The number of carbonyl (C=O) groups excluding carboxylic acids is 1. The van der Waals surface area contributed by atoms with E-state index in [-0.39, 0.29) is 28.6 Å². The van der Waals surface area contributed by atoms with Crippen LogP contribution in [0.5, 0.6) is 0 Å². The number of hydrogen-bond acceptors (Lipinski definition) is 3. The predicted molar refractivity (Wildman–Crippen MR) is 54.9 cm³/mol. The zero-order chi connectivity index (χ0) is 12.3. The SMILES string of the molecule is CCOC(=O)c1cc(Cl)c(C(F)F)c(C)n1. The number of pyridine rings is 1. The number of aromatic nitrogens is 1. The van der Waals surface area contributed by atoms with Crippen molar-refractivity contribution in [2.24, 2.45) is 0 Å². The van der Waals surface area contributed by atoms with Crippen molar-refractivity contribution in [1.82, 2.24) is 4.98 Å². The van der Waals surface area contributed by atoms with Crippen molar-refractivity contribution in [3.63, 3.8) is 0 Å². The number of rotatable bonds is 3. The van der Waals surface area contributed by atoms with Gasteiger partial charge in [-0.05, 0) is 19.9 Å². The summed E-state index contributed by atoms with van der Waals surface area (Å²) in [5, 5.41) is -0.175. The molecule has 0 fully saturated rings. The highest BCUT2D eigenvalue weighted by molar-refractivity contribution is 6.31. The van der Waals surface area contributed by atoms with Crippen LogP contribution >= 0.6 is 11.6 Å². The number of nitrogens with zero attached hydrogens (tertiary/aromatic N) is 1. The van der Waals surface area contributed by atoms with Crippen LogP contribution in [0.25, 0.3) is 0 Å². The minimum Gasteiger partial charge on any atom is -0.461 e. The van der Waals surface area contributed by atoms with Crippen molar-refractivity contribution in [1.29, 1.82) is 0 Å². The molecule has 1 aromatic rings. The van der Waals surface area contributed by atoms with Gasteiger partial charge in [0.15, 0.2) is 0 Å². The minimum atomic E-state index is -2.71. The molecule has 1 heterocycles. The molecule has 0 saturated heterocycles. The number of carbonyl (C=O) groups is 1. The van der Waals surface area contributed by atoms with Crippen LogP contribution in [0.2, 0.25) is 5.02 Å². The maximum absolute atomic E-state index is 12.5. The molecule has 0 unspecified atom stereocenters. The monoisotopic (exact) mass is 249 g/mol. The molecule has 88 valence electrons. The first-order valence-electron chi connectivity index (χ1n) is 4.59. The topological polar surface area (TPSA) is 39.2 Å². The number of alkyl halides is 2. The van der Waals surface area contributed by atoms with Crippen LogP contribution in [0.4, 0.5) is 8.78 Å². The third-order valence-electron chi connectivity index (χ3n) is 1.90. The lowest BCUT2D eigenvalue weighted by Gasteiger charge is -2.08. The lowest BCUT2D eigenvalue weighted by atomic mass is 10.2. The molecule has 6 heteroatoms. The van der Waals surface area contributed by atoms with Crippen LogP contribution in [0.3, 0.4) is 0 Å². The van der Waals surface area contributed by atoms with Crippen molar-refractivity contribution < 1.29 is 18.3 Å². The highest BCUT2D eigenvalue weighted by Crippen LogP contribution is 2.29. The first-order chi connectivity index (χ1) is 7.47. The second kappa shape index (κ2) is 5.21. The van der Waals surface area contributed by atoms with Crippen LogP contribution in [0, 0.1) is 6.92 Å². The number of aryl methyl sites for hydroxylation is 1. The fourth-order valence-electron chi connectivity index (χ4n) is 1.22. The molecule has 0 atom stereocenters. The van der Waals surface area contributed by atoms with E-state index >= 15 is 0 Å². The lowest BCUT2D eigenvalue weighted by Crippen LogP contribution is -2.09. The average Bonchev–Trinajstić information content (AvgIpc) is 2.16. The quantitative estimate of drug-likeness (QED) is 0.773. The standard InChI is InChI=1S/C10H10ClF2NO2/c1-3-16-10(15)7-4-6(11)8(9(12)13)5(2)14-7/h4,9H,3H2,1-2H3. The summed E-state index contributed by atoms with van der Waals surface area (Å²) in [6.45, 7) is 3.20. The summed E-state index contributed by atoms with van der Waals surface area (Å²) >= 11 is 5.65. The first-order valence-corrected chi connectivity index (χ1v) is 4.97. The van der Waals surface area contributed by atoms with Crippen LogP contribution in [0.15, 0.2) is 6.07 Å². The van der Waals surface area contributed by atoms with E-state index in [2.05, 4.69) is 4.98 Å². The fraction of sp³-hybridized carbons (Fsp3) is 0.400. The Bertz CT molecular complexity index is 387. The summed E-state index contributed by atoms with van der Waals surface area (Å²) in [7, 11) is 0. The summed E-state index contributed by atoms with van der Waals surface area (Å²) in [6, 6.07) is 1.09. The van der Waals surface area contributed by atoms with Gasteiger partial charge in [-0.25, -0.2) is 18.6 Å². The molecule has 0 spiro atoms. The smallest absolute Gasteiger partial charge is 0.356 e. The molecule has 0 saturated carbocycles. The van der Waals surface area contributed by atoms with Gasteiger partial charge in [0.05, 0.1) is 17.2 Å². The van der Waals surface area contributed by atoms with E-state index in [1.165, 1.54) is 6.92 Å². The third kappa shape index (κ3) is 2.66. The average molecular weight is 250 g/mol. The normalized spacial score (nSPS) is 10.6. The lowest BCUT2D eigenvalue weighted by molar-refractivity contribution is 0.0518. The Hall–Kier alpha value is -1.23. The second-order valence-corrected chi connectivity index (χ2v) is 3.42. The Morgan fingerprint density at radius 1 is 1.62 bits per heavy atom. The van der Waals surface area contributed by atoms with E-state index in [0.29, 0.717) is 0 Å². The maximum Gasteiger partial charge on any atom is 0.356 e. The molecule has 0 aliphatic rings. The molecular formula is C10H10ClF2NO2. The number of halogens is 3. The Labute approximate surface area is 96.4 Å². The largest absolute Gasteiger partial charge is 0.461 e. The highest BCUT2D eigenvalue weighted by atomic mass is 35.5. The Balaban J connectivity index is 3.14. The fourth-order valence-corrected chi connectivity index (χ4v) is 1.54. The minimum absolute atomic E-state index is 0.0329. The van der Waals surface area contributed by atoms with Gasteiger partial charge in [-0.1, -0.05) is 11.6 Å². The predicted octanol–water partition coefficient (Wildman–Crippen LogP) is 3.16. The van der Waals surface area contributed by atoms with E-state index in [9.17, 15) is 13.6 Å². The maximum atomic E-state index is 12.5. The molecular weight excluding hydrogens is 240 g/mol. The van der Waals surface area contributed by atoms with Gasteiger partial charge >= 0.3 is 5.97 Å². The van der Waals surface area contributed by atoms with Gasteiger partial charge < -0.3 is 4.74 Å². The van der Waals surface area contributed by atoms with Gasteiger partial charge in [-0.15, -0.1) is 0 Å². The van der Waals surface area contributed by atoms with E-state index < -0.39 is 12.4 Å². The molecule has 0 amide bonds. The summed E-state index contributed by atoms with van der Waals surface area (Å²) in [6.07, 6.45) is -2.71. The molecule has 0 aliphatic heterocycles. The molecule has 0 aliphatic carbocycles. The number of hydrogen-bond donors (Lipinski definition) is 0. The third-order valence-corrected chi connectivity index (χ3v) is 2.21. The van der Waals surface area contributed by atoms with Crippen LogP contribution in [0.1, 0.15) is 35.1 Å². The first kappa shape index (κ1) is 12.8. The molecule has 1 aromatic heterocycles. The van der Waals surface area contributed by atoms with Gasteiger partial charge in [0.2, 0.25) is 0 Å². The molecule has 0 bridgehead atoms. The summed E-state index contributed by atoms with van der Waals surface area (Å²) in [5.41, 5.74) is -0.381. The molecule has 0 N–H and O–H groups in total. The Morgan fingerprint density at radius 2 is 2.25 bits per heavy atom.